The van der Waals surface area contributed by atoms with Crippen molar-refractivity contribution in [2.75, 3.05) is 20.6 Å². The molecule has 1 spiro atoms. The molecule has 6 rings (SSSR count). The van der Waals surface area contributed by atoms with Crippen LogP contribution in [0.3, 0.4) is 0 Å². The first kappa shape index (κ1) is 22.7. The fraction of sp³-hybridized carbons (Fsp3) is 0.759. The zero-order chi connectivity index (χ0) is 23.7. The third-order valence-corrected chi connectivity index (χ3v) is 11.2. The Morgan fingerprint density at radius 2 is 2.03 bits per heavy atom. The molecule has 1 amide bonds. The van der Waals surface area contributed by atoms with Gasteiger partial charge in [-0.2, -0.15) is 0 Å². The molecule has 5 heteroatoms. The Balaban J connectivity index is 1.14. The molecule has 1 saturated heterocycles. The van der Waals surface area contributed by atoms with Crippen LogP contribution >= 0.6 is 0 Å². The van der Waals surface area contributed by atoms with Gasteiger partial charge >= 0.3 is 6.09 Å². The van der Waals surface area contributed by atoms with Crippen molar-refractivity contribution >= 4 is 6.09 Å². The van der Waals surface area contributed by atoms with Crippen LogP contribution in [-0.4, -0.2) is 48.7 Å². The fourth-order valence-electron chi connectivity index (χ4n) is 9.46. The number of nitrogens with zero attached hydrogens (tertiary/aromatic N) is 2. The van der Waals surface area contributed by atoms with E-state index in [1.165, 1.54) is 38.6 Å². The number of allylic oxidation sites excluding steroid dienone is 1. The van der Waals surface area contributed by atoms with E-state index in [1.807, 2.05) is 12.1 Å². The molecule has 0 unspecified atom stereocenters. The minimum atomic E-state index is -0.240. The van der Waals surface area contributed by atoms with Crippen molar-refractivity contribution < 1.29 is 13.9 Å². The molecule has 0 N–H and O–H groups in total. The maximum Gasteiger partial charge on any atom is 0.410 e. The van der Waals surface area contributed by atoms with Gasteiger partial charge in [-0.05, 0) is 106 Å². The second-order valence-corrected chi connectivity index (χ2v) is 12.6. The molecule has 5 nitrogen and oxygen atoms in total. The van der Waals surface area contributed by atoms with Gasteiger partial charge in [0.05, 0.1) is 12.8 Å². The number of likely N-dealkylation sites (tertiary alicyclic amines) is 1. The Hall–Kier alpha value is -1.75. The van der Waals surface area contributed by atoms with Gasteiger partial charge in [0, 0.05) is 26.1 Å². The molecule has 186 valence electrons. The van der Waals surface area contributed by atoms with E-state index in [4.69, 9.17) is 9.15 Å². The summed E-state index contributed by atoms with van der Waals surface area (Å²) >= 11 is 0. The molecule has 0 radical (unpaired) electrons. The second kappa shape index (κ2) is 8.15. The molecular formula is C29H42N2O3. The van der Waals surface area contributed by atoms with Gasteiger partial charge in [-0.25, -0.2) is 4.79 Å². The standard InChI is InChI=1S/C29H42N2O3/c1-19-24-9-10-26-23-8-7-20-16-21(34-27(32)30(3)17-22-6-5-15-33-22)11-13-28(20,2)25(23)12-14-29(24,26)18-31(19)4/h5-7,15,19,21,23-26H,8-14,16-18H2,1-4H3/t19-,21-,23+,24+,25-,26-,28-,29-/m0/s1. The number of carbonyl (C=O) groups excluding carboxylic acids is 1. The molecule has 1 aromatic heterocycles. The van der Waals surface area contributed by atoms with Crippen LogP contribution in [0.1, 0.15) is 71.0 Å². The van der Waals surface area contributed by atoms with Gasteiger partial charge < -0.3 is 19.0 Å². The number of ether oxygens (including phenoxy) is 1. The Bertz CT molecular complexity index is 957. The van der Waals surface area contributed by atoms with Gasteiger partial charge in [0.25, 0.3) is 0 Å². The lowest BCUT2D eigenvalue weighted by atomic mass is 9.47. The van der Waals surface area contributed by atoms with Crippen molar-refractivity contribution in [2.45, 2.75) is 83.9 Å². The predicted molar refractivity (Wildman–Crippen MR) is 132 cm³/mol. The quantitative estimate of drug-likeness (QED) is 0.504. The Morgan fingerprint density at radius 3 is 2.82 bits per heavy atom. The van der Waals surface area contributed by atoms with Crippen LogP contribution in [-0.2, 0) is 11.3 Å². The molecule has 0 aromatic carbocycles. The molecule has 5 aliphatic rings. The molecule has 8 atom stereocenters. The second-order valence-electron chi connectivity index (χ2n) is 12.6. The summed E-state index contributed by atoms with van der Waals surface area (Å²) in [7, 11) is 4.14. The minimum absolute atomic E-state index is 0.00227. The smallest absolute Gasteiger partial charge is 0.410 e. The normalized spacial score (nSPS) is 43.4. The van der Waals surface area contributed by atoms with Gasteiger partial charge in [0.2, 0.25) is 0 Å². The van der Waals surface area contributed by atoms with Crippen LogP contribution in [0.2, 0.25) is 0 Å². The lowest BCUT2D eigenvalue weighted by Crippen LogP contribution is -2.52. The fourth-order valence-corrected chi connectivity index (χ4v) is 9.46. The van der Waals surface area contributed by atoms with Crippen molar-refractivity contribution in [1.29, 1.82) is 0 Å². The van der Waals surface area contributed by atoms with Gasteiger partial charge in [0.15, 0.2) is 0 Å². The van der Waals surface area contributed by atoms with Crippen LogP contribution in [0.25, 0.3) is 0 Å². The van der Waals surface area contributed by atoms with E-state index in [1.54, 1.807) is 23.8 Å². The number of furan rings is 1. The maximum absolute atomic E-state index is 12.7. The van der Waals surface area contributed by atoms with Gasteiger partial charge in [-0.1, -0.05) is 18.6 Å². The van der Waals surface area contributed by atoms with E-state index in [0.717, 1.165) is 54.7 Å². The molecule has 4 aliphatic carbocycles. The molecule has 0 bridgehead atoms. The number of amides is 1. The van der Waals surface area contributed by atoms with Gasteiger partial charge in [-0.15, -0.1) is 0 Å². The number of carbonyl (C=O) groups is 1. The monoisotopic (exact) mass is 466 g/mol. The lowest BCUT2D eigenvalue weighted by Gasteiger charge is -2.58. The summed E-state index contributed by atoms with van der Waals surface area (Å²) in [4.78, 5) is 17.0. The summed E-state index contributed by atoms with van der Waals surface area (Å²) in [5.41, 5.74) is 2.46. The van der Waals surface area contributed by atoms with Crippen molar-refractivity contribution in [3.8, 4) is 0 Å². The first-order valence-electron chi connectivity index (χ1n) is 13.7. The SMILES string of the molecule is C[C@H]1[C@H]2CC[C@H]3[C@@H]4CC=C5C[C@@H](OC(=O)N(C)Cc6ccco6)CC[C@]5(C)[C@H]4CC[C@]23CN1C. The summed E-state index contributed by atoms with van der Waals surface area (Å²) < 4.78 is 11.4. The first-order chi connectivity index (χ1) is 16.3. The highest BCUT2D eigenvalue weighted by molar-refractivity contribution is 5.67. The average Bonchev–Trinajstić information content (AvgIpc) is 3.51. The van der Waals surface area contributed by atoms with Crippen LogP contribution in [0.15, 0.2) is 34.5 Å². The predicted octanol–water partition coefficient (Wildman–Crippen LogP) is 6.11. The first-order valence-corrected chi connectivity index (χ1v) is 13.7. The Morgan fingerprint density at radius 1 is 1.21 bits per heavy atom. The van der Waals surface area contributed by atoms with E-state index < -0.39 is 0 Å². The van der Waals surface area contributed by atoms with Gasteiger partial charge in [-0.3, -0.25) is 0 Å². The van der Waals surface area contributed by atoms with E-state index in [2.05, 4.69) is 31.9 Å². The molecule has 2 heterocycles. The Labute approximate surface area is 204 Å². The van der Waals surface area contributed by atoms with E-state index in [9.17, 15) is 4.79 Å². The number of hydrogen-bond acceptors (Lipinski definition) is 4. The molecule has 1 aliphatic heterocycles. The van der Waals surface area contributed by atoms with Crippen LogP contribution in [0.5, 0.6) is 0 Å². The molecule has 34 heavy (non-hydrogen) atoms. The van der Waals surface area contributed by atoms with Crippen molar-refractivity contribution in [3.05, 3.63) is 35.8 Å². The van der Waals surface area contributed by atoms with Crippen molar-refractivity contribution in [2.24, 2.45) is 34.5 Å². The summed E-state index contributed by atoms with van der Waals surface area (Å²) in [6.45, 7) is 6.79. The van der Waals surface area contributed by atoms with Crippen LogP contribution in [0.4, 0.5) is 4.79 Å². The highest BCUT2D eigenvalue weighted by Crippen LogP contribution is 2.68. The molecular weight excluding hydrogens is 424 g/mol. The molecule has 4 fully saturated rings. The van der Waals surface area contributed by atoms with Crippen LogP contribution < -0.4 is 0 Å². The summed E-state index contributed by atoms with van der Waals surface area (Å²) in [5, 5.41) is 0. The topological polar surface area (TPSA) is 45.9 Å². The summed E-state index contributed by atoms with van der Waals surface area (Å²) in [6.07, 6.45) is 14.0. The molecule has 3 saturated carbocycles. The summed E-state index contributed by atoms with van der Waals surface area (Å²) in [5.74, 6) is 4.26. The number of fused-ring (bicyclic) bond motifs is 4. The largest absolute Gasteiger partial charge is 0.467 e. The zero-order valence-corrected chi connectivity index (χ0v) is 21.5. The third kappa shape index (κ3) is 3.32. The third-order valence-electron chi connectivity index (χ3n) is 11.2. The lowest BCUT2D eigenvalue weighted by molar-refractivity contribution is -0.0503. The maximum atomic E-state index is 12.7. The van der Waals surface area contributed by atoms with E-state index in [-0.39, 0.29) is 12.2 Å². The van der Waals surface area contributed by atoms with Crippen LogP contribution in [0, 0.1) is 34.5 Å². The minimum Gasteiger partial charge on any atom is -0.467 e. The van der Waals surface area contributed by atoms with E-state index in [0.29, 0.717) is 17.4 Å². The molecule has 1 aromatic rings. The van der Waals surface area contributed by atoms with Crippen molar-refractivity contribution in [1.82, 2.24) is 9.80 Å². The zero-order valence-electron chi connectivity index (χ0n) is 21.5. The van der Waals surface area contributed by atoms with Crippen molar-refractivity contribution in [3.63, 3.8) is 0 Å². The Kier molecular flexibility index (Phi) is 5.44. The van der Waals surface area contributed by atoms with Gasteiger partial charge in [0.1, 0.15) is 11.9 Å². The summed E-state index contributed by atoms with van der Waals surface area (Å²) in [6, 6.07) is 4.50. The number of hydrogen-bond donors (Lipinski definition) is 0. The number of rotatable bonds is 3. The average molecular weight is 467 g/mol. The van der Waals surface area contributed by atoms with E-state index >= 15 is 0 Å². The highest BCUT2D eigenvalue weighted by Gasteiger charge is 2.64. The highest BCUT2D eigenvalue weighted by atomic mass is 16.6.